The van der Waals surface area contributed by atoms with Crippen molar-refractivity contribution in [3.8, 4) is 0 Å². The van der Waals surface area contributed by atoms with E-state index >= 15 is 0 Å². The number of amides is 1. The fourth-order valence-electron chi connectivity index (χ4n) is 4.08. The summed E-state index contributed by atoms with van der Waals surface area (Å²) < 4.78 is 2.68. The smallest absolute Gasteiger partial charge is 0.274 e. The molecule has 0 N–H and O–H groups in total. The molecule has 1 atom stereocenters. The number of aromatic nitrogens is 2. The summed E-state index contributed by atoms with van der Waals surface area (Å²) in [6, 6.07) is 12.5. The van der Waals surface area contributed by atoms with Crippen molar-refractivity contribution in [2.75, 3.05) is 24.5 Å². The Balaban J connectivity index is 1.64. The van der Waals surface area contributed by atoms with Crippen LogP contribution in [0.15, 0.2) is 47.1 Å². The van der Waals surface area contributed by atoms with Crippen molar-refractivity contribution in [3.63, 3.8) is 0 Å². The molecule has 2 aromatic heterocycles. The highest BCUT2D eigenvalue weighted by Gasteiger charge is 2.30. The van der Waals surface area contributed by atoms with Gasteiger partial charge in [0, 0.05) is 36.0 Å². The molecule has 0 spiro atoms. The van der Waals surface area contributed by atoms with Crippen molar-refractivity contribution in [2.24, 2.45) is 0 Å². The molecular formula is C22H25BrN4O. The molecule has 1 aliphatic rings. The van der Waals surface area contributed by atoms with Crippen molar-refractivity contribution < 1.29 is 4.79 Å². The maximum Gasteiger partial charge on any atom is 0.274 e. The molecule has 146 valence electrons. The van der Waals surface area contributed by atoms with E-state index in [4.69, 9.17) is 0 Å². The first-order valence-electron chi connectivity index (χ1n) is 9.85. The second-order valence-electron chi connectivity index (χ2n) is 7.23. The third-order valence-electron chi connectivity index (χ3n) is 5.70. The number of anilines is 1. The average Bonchev–Trinajstić information content (AvgIpc) is 3.12. The lowest BCUT2D eigenvalue weighted by atomic mass is 9.92. The van der Waals surface area contributed by atoms with Crippen LogP contribution in [0.1, 0.15) is 48.4 Å². The van der Waals surface area contributed by atoms with E-state index in [1.807, 2.05) is 29.3 Å². The minimum absolute atomic E-state index is 0.00813. The van der Waals surface area contributed by atoms with Gasteiger partial charge in [-0.25, -0.2) is 4.52 Å². The molecule has 0 saturated carbocycles. The quantitative estimate of drug-likeness (QED) is 0.589. The average molecular weight is 441 g/mol. The standard InChI is InChI=1S/C22H25BrN4O/c1-4-25(5-2)18-8-6-16-10-11-26(15(3)20(16)12-18)22(28)21-13-19-9-7-17(23)14-27(19)24-21/h6-9,12-15H,4-5,10-11H2,1-3H3. The van der Waals surface area contributed by atoms with E-state index in [9.17, 15) is 4.79 Å². The number of fused-ring (bicyclic) bond motifs is 2. The van der Waals surface area contributed by atoms with Gasteiger partial charge in [-0.2, -0.15) is 5.10 Å². The number of hydrogen-bond acceptors (Lipinski definition) is 3. The van der Waals surface area contributed by atoms with Crippen LogP contribution in [-0.2, 0) is 6.42 Å². The molecule has 3 heterocycles. The SMILES string of the molecule is CCN(CC)c1ccc2c(c1)C(C)N(C(=O)c1cc3ccc(Br)cn3n1)CC2. The summed E-state index contributed by atoms with van der Waals surface area (Å²) in [4.78, 5) is 17.5. The van der Waals surface area contributed by atoms with E-state index < -0.39 is 0 Å². The number of carbonyl (C=O) groups is 1. The Morgan fingerprint density at radius 1 is 1.21 bits per heavy atom. The topological polar surface area (TPSA) is 40.9 Å². The van der Waals surface area contributed by atoms with Crippen LogP contribution in [0.5, 0.6) is 0 Å². The Morgan fingerprint density at radius 3 is 2.75 bits per heavy atom. The van der Waals surface area contributed by atoms with E-state index in [2.05, 4.69) is 64.9 Å². The van der Waals surface area contributed by atoms with Crippen LogP contribution in [0.25, 0.3) is 5.52 Å². The van der Waals surface area contributed by atoms with Crippen molar-refractivity contribution in [2.45, 2.75) is 33.2 Å². The van der Waals surface area contributed by atoms with Crippen molar-refractivity contribution in [1.82, 2.24) is 14.5 Å². The van der Waals surface area contributed by atoms with Gasteiger partial charge in [0.2, 0.25) is 0 Å². The second-order valence-corrected chi connectivity index (χ2v) is 8.14. The molecule has 1 unspecified atom stereocenters. The summed E-state index contributed by atoms with van der Waals surface area (Å²) in [5.74, 6) is -0.00813. The number of rotatable bonds is 4. The Morgan fingerprint density at radius 2 is 2.00 bits per heavy atom. The molecule has 0 aliphatic carbocycles. The molecule has 0 saturated heterocycles. The molecule has 1 aromatic carbocycles. The van der Waals surface area contributed by atoms with Crippen LogP contribution in [0.2, 0.25) is 0 Å². The van der Waals surface area contributed by atoms with Gasteiger partial charge in [-0.1, -0.05) is 6.07 Å². The first-order valence-corrected chi connectivity index (χ1v) is 10.6. The zero-order chi connectivity index (χ0) is 19.8. The van der Waals surface area contributed by atoms with Crippen molar-refractivity contribution in [3.05, 3.63) is 63.9 Å². The van der Waals surface area contributed by atoms with Crippen LogP contribution in [0, 0.1) is 0 Å². The molecule has 6 heteroatoms. The number of benzene rings is 1. The van der Waals surface area contributed by atoms with E-state index in [0.29, 0.717) is 5.69 Å². The van der Waals surface area contributed by atoms with E-state index in [1.165, 1.54) is 16.8 Å². The highest BCUT2D eigenvalue weighted by atomic mass is 79.9. The zero-order valence-corrected chi connectivity index (χ0v) is 18.1. The fourth-order valence-corrected chi connectivity index (χ4v) is 4.40. The summed E-state index contributed by atoms with van der Waals surface area (Å²) in [5, 5.41) is 4.50. The van der Waals surface area contributed by atoms with Crippen molar-refractivity contribution in [1.29, 1.82) is 0 Å². The highest BCUT2D eigenvalue weighted by Crippen LogP contribution is 2.33. The Kier molecular flexibility index (Phi) is 5.15. The van der Waals surface area contributed by atoms with E-state index in [1.54, 1.807) is 4.52 Å². The van der Waals surface area contributed by atoms with Crippen LogP contribution in [0.4, 0.5) is 5.69 Å². The number of nitrogens with zero attached hydrogens (tertiary/aromatic N) is 4. The molecule has 1 amide bonds. The number of pyridine rings is 1. The Bertz CT molecular complexity index is 1020. The predicted molar refractivity (Wildman–Crippen MR) is 116 cm³/mol. The molecule has 0 bridgehead atoms. The second kappa shape index (κ2) is 7.59. The van der Waals surface area contributed by atoms with Gasteiger partial charge in [0.1, 0.15) is 0 Å². The summed E-state index contributed by atoms with van der Waals surface area (Å²) in [6.45, 7) is 9.13. The molecule has 1 aliphatic heterocycles. The minimum Gasteiger partial charge on any atom is -0.372 e. The monoisotopic (exact) mass is 440 g/mol. The number of halogens is 1. The largest absolute Gasteiger partial charge is 0.372 e. The normalized spacial score (nSPS) is 16.3. The van der Waals surface area contributed by atoms with Gasteiger partial charge < -0.3 is 9.80 Å². The summed E-state index contributed by atoms with van der Waals surface area (Å²) in [6.07, 6.45) is 2.75. The van der Waals surface area contributed by atoms with Gasteiger partial charge in [-0.3, -0.25) is 4.79 Å². The van der Waals surface area contributed by atoms with Gasteiger partial charge in [-0.15, -0.1) is 0 Å². The third-order valence-corrected chi connectivity index (χ3v) is 6.17. The van der Waals surface area contributed by atoms with E-state index in [-0.39, 0.29) is 11.9 Å². The molecule has 28 heavy (non-hydrogen) atoms. The van der Waals surface area contributed by atoms with Crippen LogP contribution in [0.3, 0.4) is 0 Å². The van der Waals surface area contributed by atoms with Crippen molar-refractivity contribution >= 4 is 33.0 Å². The van der Waals surface area contributed by atoms with Gasteiger partial charge in [0.05, 0.1) is 11.6 Å². The maximum absolute atomic E-state index is 13.2. The Hall–Kier alpha value is -2.34. The lowest BCUT2D eigenvalue weighted by Gasteiger charge is -2.36. The molecular weight excluding hydrogens is 416 g/mol. The summed E-state index contributed by atoms with van der Waals surface area (Å²) in [5.41, 5.74) is 5.22. The lowest BCUT2D eigenvalue weighted by Crippen LogP contribution is -2.39. The van der Waals surface area contributed by atoms with Gasteiger partial charge >= 0.3 is 0 Å². The van der Waals surface area contributed by atoms with Gasteiger partial charge in [0.15, 0.2) is 5.69 Å². The van der Waals surface area contributed by atoms with Crippen LogP contribution >= 0.6 is 15.9 Å². The maximum atomic E-state index is 13.2. The first-order chi connectivity index (χ1) is 13.5. The lowest BCUT2D eigenvalue weighted by molar-refractivity contribution is 0.0671. The van der Waals surface area contributed by atoms with E-state index in [0.717, 1.165) is 36.0 Å². The van der Waals surface area contributed by atoms with Crippen LogP contribution < -0.4 is 4.90 Å². The van der Waals surface area contributed by atoms with Gasteiger partial charge in [0.25, 0.3) is 5.91 Å². The zero-order valence-electron chi connectivity index (χ0n) is 16.5. The molecule has 5 nitrogen and oxygen atoms in total. The van der Waals surface area contributed by atoms with Gasteiger partial charge in [-0.05, 0) is 84.6 Å². The minimum atomic E-state index is -0.00813. The Labute approximate surface area is 174 Å². The highest BCUT2D eigenvalue weighted by molar-refractivity contribution is 9.10. The number of hydrogen-bond donors (Lipinski definition) is 0. The summed E-state index contributed by atoms with van der Waals surface area (Å²) in [7, 11) is 0. The fraction of sp³-hybridized carbons (Fsp3) is 0.364. The predicted octanol–water partition coefficient (Wildman–Crippen LogP) is 4.70. The molecule has 3 aromatic rings. The number of carbonyl (C=O) groups excluding carboxylic acids is 1. The molecule has 0 radical (unpaired) electrons. The third kappa shape index (κ3) is 3.30. The molecule has 4 rings (SSSR count). The molecule has 0 fully saturated rings. The van der Waals surface area contributed by atoms with Crippen LogP contribution in [-0.4, -0.2) is 40.1 Å². The first kappa shape index (κ1) is 19.0. The summed E-state index contributed by atoms with van der Waals surface area (Å²) >= 11 is 3.45.